The van der Waals surface area contributed by atoms with E-state index in [9.17, 15) is 9.59 Å². The molecule has 2 atom stereocenters. The second kappa shape index (κ2) is 8.57. The maximum atomic E-state index is 12.6. The van der Waals surface area contributed by atoms with Gasteiger partial charge in [-0.3, -0.25) is 14.5 Å². The highest BCUT2D eigenvalue weighted by Crippen LogP contribution is 2.48. The molecule has 1 aromatic rings. The van der Waals surface area contributed by atoms with Crippen LogP contribution in [0.4, 0.5) is 0 Å². The lowest BCUT2D eigenvalue weighted by Gasteiger charge is -2.37. The molecule has 2 amide bonds. The third-order valence-electron chi connectivity index (χ3n) is 8.47. The first-order valence-corrected chi connectivity index (χ1v) is 12.3. The average Bonchev–Trinajstić information content (AvgIpc) is 3.36. The van der Waals surface area contributed by atoms with E-state index in [0.717, 1.165) is 57.5 Å². The van der Waals surface area contributed by atoms with Crippen LogP contribution in [-0.2, 0) is 16.0 Å². The molecule has 31 heavy (non-hydrogen) atoms. The Kier molecular flexibility index (Phi) is 5.80. The van der Waals surface area contributed by atoms with E-state index in [1.54, 1.807) is 12.0 Å². The first-order valence-electron chi connectivity index (χ1n) is 12.3. The van der Waals surface area contributed by atoms with Crippen LogP contribution in [0.1, 0.15) is 74.8 Å². The Hall–Kier alpha value is -1.88. The second-order valence-corrected chi connectivity index (χ2v) is 10.4. The topological polar surface area (TPSA) is 49.9 Å². The van der Waals surface area contributed by atoms with Crippen LogP contribution in [-0.4, -0.2) is 54.9 Å². The van der Waals surface area contributed by atoms with Gasteiger partial charge in [-0.2, -0.15) is 0 Å². The molecule has 0 aromatic heterocycles. The van der Waals surface area contributed by atoms with Gasteiger partial charge >= 0.3 is 0 Å². The Balaban J connectivity index is 1.08. The van der Waals surface area contributed by atoms with Crippen molar-refractivity contribution in [2.45, 2.75) is 70.1 Å². The minimum Gasteiger partial charge on any atom is -0.496 e. The summed E-state index contributed by atoms with van der Waals surface area (Å²) in [7, 11) is 1.78. The maximum Gasteiger partial charge on any atom is 0.229 e. The van der Waals surface area contributed by atoms with Crippen molar-refractivity contribution >= 4 is 11.8 Å². The molecule has 0 bridgehead atoms. The summed E-state index contributed by atoms with van der Waals surface area (Å²) in [5.41, 5.74) is 2.94. The molecule has 1 spiro atoms. The molecular weight excluding hydrogens is 388 g/mol. The molecule has 0 unspecified atom stereocenters. The molecule has 2 aliphatic heterocycles. The first kappa shape index (κ1) is 21.0. The Morgan fingerprint density at radius 3 is 2.55 bits per heavy atom. The van der Waals surface area contributed by atoms with Gasteiger partial charge in [0.05, 0.1) is 7.11 Å². The van der Waals surface area contributed by atoms with E-state index in [4.69, 9.17) is 4.74 Å². The lowest BCUT2D eigenvalue weighted by Crippen LogP contribution is -2.47. The zero-order valence-electron chi connectivity index (χ0n) is 18.9. The smallest absolute Gasteiger partial charge is 0.229 e. The van der Waals surface area contributed by atoms with Crippen LogP contribution < -0.4 is 4.74 Å². The predicted molar refractivity (Wildman–Crippen MR) is 120 cm³/mol. The number of imide groups is 1. The highest BCUT2D eigenvalue weighted by Gasteiger charge is 2.44. The molecule has 0 N–H and O–H groups in total. The third-order valence-corrected chi connectivity index (χ3v) is 8.47. The number of fused-ring (bicyclic) bond motifs is 3. The summed E-state index contributed by atoms with van der Waals surface area (Å²) in [6.45, 7) is 3.95. The summed E-state index contributed by atoms with van der Waals surface area (Å²) in [6.07, 6.45) is 9.99. The molecule has 1 saturated carbocycles. The maximum absolute atomic E-state index is 12.6. The molecule has 0 radical (unpaired) electrons. The average molecular weight is 425 g/mol. The van der Waals surface area contributed by atoms with Crippen molar-refractivity contribution in [1.82, 2.24) is 9.80 Å². The molecule has 1 aromatic carbocycles. The summed E-state index contributed by atoms with van der Waals surface area (Å²) in [6, 6.07) is 6.48. The second-order valence-electron chi connectivity index (χ2n) is 10.4. The van der Waals surface area contributed by atoms with E-state index in [-0.39, 0.29) is 17.2 Å². The SMILES string of the molecule is COc1cccc2c1[C@H]1CCN(CCCCN3C(=O)CC4(CCCC4)CC3=O)C[C@@H]1C2. The number of likely N-dealkylation sites (tertiary alicyclic amines) is 2. The number of methoxy groups -OCH3 is 1. The molecule has 5 heteroatoms. The van der Waals surface area contributed by atoms with Gasteiger partial charge in [-0.25, -0.2) is 0 Å². The Morgan fingerprint density at radius 1 is 1.06 bits per heavy atom. The van der Waals surface area contributed by atoms with E-state index in [0.29, 0.717) is 31.2 Å². The Morgan fingerprint density at radius 2 is 1.81 bits per heavy atom. The summed E-state index contributed by atoms with van der Waals surface area (Å²) in [5, 5.41) is 0. The van der Waals surface area contributed by atoms with Crippen LogP contribution in [0, 0.1) is 11.3 Å². The molecule has 2 aliphatic carbocycles. The van der Waals surface area contributed by atoms with Crippen molar-refractivity contribution in [1.29, 1.82) is 0 Å². The number of amides is 2. The molecule has 5 rings (SSSR count). The van der Waals surface area contributed by atoms with Gasteiger partial charge in [0.2, 0.25) is 11.8 Å². The van der Waals surface area contributed by atoms with E-state index < -0.39 is 0 Å². The summed E-state index contributed by atoms with van der Waals surface area (Å²) in [5.74, 6) is 2.55. The Bertz CT molecular complexity index is 825. The standard InChI is InChI=1S/C26H36N2O3/c1-31-22-8-6-7-19-15-20-18-27(14-9-21(20)25(19)22)12-4-5-13-28-23(29)16-26(17-24(28)30)10-2-3-11-26/h6-8,20-21H,2-5,9-18H2,1H3/t20-,21-/m0/s1. The quantitative estimate of drug-likeness (QED) is 0.509. The number of rotatable bonds is 6. The zero-order chi connectivity index (χ0) is 21.4. The number of hydrogen-bond donors (Lipinski definition) is 0. The largest absolute Gasteiger partial charge is 0.496 e. The first-order chi connectivity index (χ1) is 15.1. The van der Waals surface area contributed by atoms with Gasteiger partial charge in [0.15, 0.2) is 0 Å². The normalized spacial score (nSPS) is 27.6. The van der Waals surface area contributed by atoms with E-state index >= 15 is 0 Å². The number of carbonyl (C=O) groups excluding carboxylic acids is 2. The van der Waals surface area contributed by atoms with Crippen LogP contribution in [0.2, 0.25) is 0 Å². The number of ether oxygens (including phenoxy) is 1. The molecule has 5 nitrogen and oxygen atoms in total. The summed E-state index contributed by atoms with van der Waals surface area (Å²) in [4.78, 5) is 29.4. The van der Waals surface area contributed by atoms with E-state index in [1.807, 2.05) is 0 Å². The molecular formula is C26H36N2O3. The van der Waals surface area contributed by atoms with Crippen molar-refractivity contribution in [3.05, 3.63) is 29.3 Å². The van der Waals surface area contributed by atoms with E-state index in [1.165, 1.54) is 30.4 Å². The molecule has 4 aliphatic rings. The van der Waals surface area contributed by atoms with Gasteiger partial charge in [0.1, 0.15) is 5.75 Å². The van der Waals surface area contributed by atoms with Gasteiger partial charge in [-0.15, -0.1) is 0 Å². The van der Waals surface area contributed by atoms with Crippen LogP contribution >= 0.6 is 0 Å². The van der Waals surface area contributed by atoms with E-state index in [2.05, 4.69) is 23.1 Å². The summed E-state index contributed by atoms with van der Waals surface area (Å²) >= 11 is 0. The monoisotopic (exact) mass is 424 g/mol. The van der Waals surface area contributed by atoms with Crippen LogP contribution in [0.25, 0.3) is 0 Å². The van der Waals surface area contributed by atoms with Gasteiger partial charge in [-0.1, -0.05) is 25.0 Å². The number of hydrogen-bond acceptors (Lipinski definition) is 4. The lowest BCUT2D eigenvalue weighted by molar-refractivity contribution is -0.153. The highest BCUT2D eigenvalue weighted by molar-refractivity contribution is 5.98. The minimum absolute atomic E-state index is 0.0105. The number of piperidine rings is 2. The number of carbonyl (C=O) groups is 2. The fourth-order valence-corrected chi connectivity index (χ4v) is 6.91. The van der Waals surface area contributed by atoms with Gasteiger partial charge in [0.25, 0.3) is 0 Å². The van der Waals surface area contributed by atoms with Crippen LogP contribution in [0.15, 0.2) is 18.2 Å². The van der Waals surface area contributed by atoms with Gasteiger partial charge < -0.3 is 9.64 Å². The minimum atomic E-state index is 0.0105. The van der Waals surface area contributed by atoms with Crippen molar-refractivity contribution in [3.8, 4) is 5.75 Å². The molecule has 2 heterocycles. The predicted octanol–water partition coefficient (Wildman–Crippen LogP) is 4.15. The van der Waals surface area contributed by atoms with Crippen LogP contribution in [0.3, 0.4) is 0 Å². The van der Waals surface area contributed by atoms with Crippen molar-refractivity contribution in [2.24, 2.45) is 11.3 Å². The van der Waals surface area contributed by atoms with Gasteiger partial charge in [0, 0.05) is 31.5 Å². The Labute approximate surface area is 186 Å². The third kappa shape index (κ3) is 4.02. The molecule has 168 valence electrons. The van der Waals surface area contributed by atoms with Crippen molar-refractivity contribution in [2.75, 3.05) is 33.3 Å². The summed E-state index contributed by atoms with van der Waals surface area (Å²) < 4.78 is 5.64. The number of unbranched alkanes of at least 4 members (excludes halogenated alkanes) is 1. The van der Waals surface area contributed by atoms with Crippen molar-refractivity contribution < 1.29 is 14.3 Å². The zero-order valence-corrected chi connectivity index (χ0v) is 18.9. The molecule has 3 fully saturated rings. The fourth-order valence-electron chi connectivity index (χ4n) is 6.91. The molecule has 2 saturated heterocycles. The lowest BCUT2D eigenvalue weighted by atomic mass is 9.76. The van der Waals surface area contributed by atoms with Crippen molar-refractivity contribution in [3.63, 3.8) is 0 Å². The van der Waals surface area contributed by atoms with Crippen LogP contribution in [0.5, 0.6) is 5.75 Å². The fraction of sp³-hybridized carbons (Fsp3) is 0.692. The van der Waals surface area contributed by atoms with Gasteiger partial charge in [-0.05, 0) is 80.5 Å². The number of nitrogens with zero attached hydrogens (tertiary/aromatic N) is 2. The highest BCUT2D eigenvalue weighted by atomic mass is 16.5. The number of benzene rings is 1.